The maximum Gasteiger partial charge on any atom is 0.475 e. The summed E-state index contributed by atoms with van der Waals surface area (Å²) >= 11 is 0. The summed E-state index contributed by atoms with van der Waals surface area (Å²) in [5.41, 5.74) is -1.38. The molecule has 1 heterocycles. The third kappa shape index (κ3) is 6.51. The van der Waals surface area contributed by atoms with Crippen molar-refractivity contribution in [1.29, 1.82) is 0 Å². The van der Waals surface area contributed by atoms with E-state index in [4.69, 9.17) is 4.74 Å². The summed E-state index contributed by atoms with van der Waals surface area (Å²) < 4.78 is 5.43. The quantitative estimate of drug-likeness (QED) is 0.427. The van der Waals surface area contributed by atoms with Crippen LogP contribution in [0.3, 0.4) is 0 Å². The zero-order valence-electron chi connectivity index (χ0n) is 21.0. The van der Waals surface area contributed by atoms with Gasteiger partial charge in [0, 0.05) is 6.54 Å². The van der Waals surface area contributed by atoms with Crippen LogP contribution in [0.25, 0.3) is 0 Å². The number of alkyl carbamates (subject to hydrolysis) is 1. The van der Waals surface area contributed by atoms with Gasteiger partial charge in [-0.25, -0.2) is 4.79 Å². The van der Waals surface area contributed by atoms with Gasteiger partial charge in [0.2, 0.25) is 11.8 Å². The number of amides is 3. The molecule has 0 aromatic heterocycles. The van der Waals surface area contributed by atoms with Crippen molar-refractivity contribution in [3.8, 4) is 0 Å². The number of likely N-dealkylation sites (tertiary alicyclic amines) is 1. The first-order chi connectivity index (χ1) is 15.8. The minimum absolute atomic E-state index is 0.266. The zero-order valence-corrected chi connectivity index (χ0v) is 21.0. The molecule has 1 aromatic rings. The van der Waals surface area contributed by atoms with E-state index in [1.165, 1.54) is 4.90 Å². The Morgan fingerprint density at radius 1 is 1.21 bits per heavy atom. The van der Waals surface area contributed by atoms with Gasteiger partial charge in [0.25, 0.3) is 0 Å². The Hall–Kier alpha value is -2.59. The van der Waals surface area contributed by atoms with Gasteiger partial charge in [-0.3, -0.25) is 9.59 Å². The minimum Gasteiger partial charge on any atom is -0.444 e. The van der Waals surface area contributed by atoms with Crippen LogP contribution >= 0.6 is 0 Å². The third-order valence-electron chi connectivity index (χ3n) is 6.12. The molecular formula is C24H38BN3O6. The fourth-order valence-electron chi connectivity index (χ4n) is 4.28. The number of carbonyl (C=O) groups excluding carboxylic acids is 3. The molecule has 1 saturated heterocycles. The van der Waals surface area contributed by atoms with Gasteiger partial charge in [0.05, 0.1) is 5.94 Å². The summed E-state index contributed by atoms with van der Waals surface area (Å²) in [5.74, 6) is -2.04. The molecule has 34 heavy (non-hydrogen) atoms. The van der Waals surface area contributed by atoms with Gasteiger partial charge in [-0.2, -0.15) is 0 Å². The van der Waals surface area contributed by atoms with Crippen molar-refractivity contribution >= 4 is 25.0 Å². The van der Waals surface area contributed by atoms with Crippen LogP contribution in [0.4, 0.5) is 4.79 Å². The Balaban J connectivity index is 2.45. The van der Waals surface area contributed by atoms with Crippen molar-refractivity contribution < 1.29 is 29.2 Å². The Bertz CT molecular complexity index is 858. The van der Waals surface area contributed by atoms with Gasteiger partial charge in [-0.05, 0) is 51.5 Å². The highest BCUT2D eigenvalue weighted by atomic mass is 16.6. The number of benzene rings is 1. The monoisotopic (exact) mass is 475 g/mol. The molecule has 3 amide bonds. The van der Waals surface area contributed by atoms with Crippen LogP contribution in [-0.4, -0.2) is 63.6 Å². The van der Waals surface area contributed by atoms with Crippen molar-refractivity contribution in [3.05, 3.63) is 35.9 Å². The summed E-state index contributed by atoms with van der Waals surface area (Å²) in [4.78, 5) is 41.5. The molecule has 0 saturated carbocycles. The summed E-state index contributed by atoms with van der Waals surface area (Å²) in [6.45, 7) is 11.0. The lowest BCUT2D eigenvalue weighted by atomic mass is 9.76. The van der Waals surface area contributed by atoms with Gasteiger partial charge in [0.15, 0.2) is 0 Å². The fourth-order valence-corrected chi connectivity index (χ4v) is 4.28. The topological polar surface area (TPSA) is 128 Å². The standard InChI is InChI=1S/C24H38BN3O6/c1-7-18(25(32)33)26-20(29)19(17-12-9-8-10-13-17)28-15-11-14-24(16(2)3,21(28)30)27-22(31)34-23(4,5)6/h8-10,12-13,16,18-19,32-33H,7,11,14-15H2,1-6H3,(H,26,29)(H,27,31). The van der Waals surface area contributed by atoms with E-state index < -0.39 is 42.2 Å². The molecule has 1 aromatic carbocycles. The fraction of sp³-hybridized carbons (Fsp3) is 0.625. The van der Waals surface area contributed by atoms with Gasteiger partial charge >= 0.3 is 13.2 Å². The Labute approximate surface area is 202 Å². The van der Waals surface area contributed by atoms with E-state index >= 15 is 0 Å². The number of hydrogen-bond donors (Lipinski definition) is 4. The number of rotatable bonds is 8. The highest BCUT2D eigenvalue weighted by Crippen LogP contribution is 2.35. The Kier molecular flexibility index (Phi) is 9.13. The van der Waals surface area contributed by atoms with Gasteiger partial charge < -0.3 is 30.3 Å². The Morgan fingerprint density at radius 3 is 2.32 bits per heavy atom. The molecule has 188 valence electrons. The maximum absolute atomic E-state index is 14.0. The van der Waals surface area contributed by atoms with Crippen LogP contribution in [0, 0.1) is 5.92 Å². The second kappa shape index (κ2) is 11.2. The molecule has 0 aliphatic carbocycles. The average Bonchev–Trinajstić information content (AvgIpc) is 2.73. The lowest BCUT2D eigenvalue weighted by Gasteiger charge is -2.47. The first-order valence-corrected chi connectivity index (χ1v) is 11.9. The molecule has 9 nitrogen and oxygen atoms in total. The van der Waals surface area contributed by atoms with E-state index in [1.807, 2.05) is 19.9 Å². The molecule has 4 N–H and O–H groups in total. The molecule has 1 aliphatic rings. The first kappa shape index (κ1) is 27.7. The zero-order chi connectivity index (χ0) is 25.7. The van der Waals surface area contributed by atoms with Crippen molar-refractivity contribution in [3.63, 3.8) is 0 Å². The number of hydrogen-bond acceptors (Lipinski definition) is 6. The van der Waals surface area contributed by atoms with E-state index in [0.717, 1.165) is 0 Å². The Morgan fingerprint density at radius 2 is 1.82 bits per heavy atom. The molecule has 0 bridgehead atoms. The van der Waals surface area contributed by atoms with Crippen LogP contribution in [0.15, 0.2) is 30.3 Å². The van der Waals surface area contributed by atoms with Crippen molar-refractivity contribution in [2.24, 2.45) is 5.92 Å². The minimum atomic E-state index is -1.73. The average molecular weight is 475 g/mol. The maximum atomic E-state index is 14.0. The molecule has 3 atom stereocenters. The first-order valence-electron chi connectivity index (χ1n) is 11.9. The lowest BCUT2D eigenvalue weighted by Crippen LogP contribution is -2.67. The summed E-state index contributed by atoms with van der Waals surface area (Å²) in [7, 11) is -1.73. The van der Waals surface area contributed by atoms with E-state index in [-0.39, 0.29) is 11.8 Å². The summed E-state index contributed by atoms with van der Waals surface area (Å²) in [6, 6.07) is 7.86. The van der Waals surface area contributed by atoms with Crippen LogP contribution < -0.4 is 10.6 Å². The smallest absolute Gasteiger partial charge is 0.444 e. The lowest BCUT2D eigenvalue weighted by molar-refractivity contribution is -0.151. The van der Waals surface area contributed by atoms with E-state index in [9.17, 15) is 24.4 Å². The van der Waals surface area contributed by atoms with Crippen LogP contribution in [0.2, 0.25) is 0 Å². The number of nitrogens with one attached hydrogen (secondary N) is 2. The largest absolute Gasteiger partial charge is 0.475 e. The van der Waals surface area contributed by atoms with Crippen LogP contribution in [0.5, 0.6) is 0 Å². The van der Waals surface area contributed by atoms with E-state index in [1.54, 1.807) is 52.0 Å². The highest BCUT2D eigenvalue weighted by Gasteiger charge is 2.51. The van der Waals surface area contributed by atoms with Gasteiger partial charge in [-0.15, -0.1) is 0 Å². The highest BCUT2D eigenvalue weighted by molar-refractivity contribution is 6.43. The molecule has 0 radical (unpaired) electrons. The molecule has 1 aliphatic heterocycles. The van der Waals surface area contributed by atoms with Gasteiger partial charge in [-0.1, -0.05) is 51.1 Å². The molecular weight excluding hydrogens is 437 g/mol. The molecule has 3 unspecified atom stereocenters. The van der Waals surface area contributed by atoms with Crippen LogP contribution in [0.1, 0.15) is 72.4 Å². The summed E-state index contributed by atoms with van der Waals surface area (Å²) in [5, 5.41) is 24.7. The third-order valence-corrected chi connectivity index (χ3v) is 6.12. The molecule has 10 heteroatoms. The van der Waals surface area contributed by atoms with Crippen molar-refractivity contribution in [2.75, 3.05) is 6.54 Å². The van der Waals surface area contributed by atoms with E-state index in [2.05, 4.69) is 10.6 Å². The molecule has 0 spiro atoms. The number of piperidine rings is 1. The van der Waals surface area contributed by atoms with Gasteiger partial charge in [0.1, 0.15) is 17.2 Å². The van der Waals surface area contributed by atoms with Crippen molar-refractivity contribution in [1.82, 2.24) is 15.5 Å². The van der Waals surface area contributed by atoms with Crippen LogP contribution in [-0.2, 0) is 14.3 Å². The SMILES string of the molecule is CCC(NC(=O)C(c1ccccc1)N1CCCC(NC(=O)OC(C)(C)C)(C(C)C)C1=O)B(O)O. The normalized spacial score (nSPS) is 20.5. The number of carbonyl (C=O) groups is 3. The second-order valence-corrected chi connectivity index (χ2v) is 10.1. The summed E-state index contributed by atoms with van der Waals surface area (Å²) in [6.07, 6.45) is 0.590. The second-order valence-electron chi connectivity index (χ2n) is 10.1. The molecule has 2 rings (SSSR count). The predicted octanol–water partition coefficient (Wildman–Crippen LogP) is 2.18. The number of nitrogens with zero attached hydrogens (tertiary/aromatic N) is 1. The number of ether oxygens (including phenoxy) is 1. The predicted molar refractivity (Wildman–Crippen MR) is 129 cm³/mol. The van der Waals surface area contributed by atoms with Crippen molar-refractivity contribution in [2.45, 2.75) is 83.9 Å². The molecule has 1 fully saturated rings. The van der Waals surface area contributed by atoms with E-state index in [0.29, 0.717) is 31.4 Å².